The smallest absolute Gasteiger partial charge is 0.306 e. The SMILES string of the molecule is CCCCCCC/C=C\C/C=C\CCCCCCCCCCCCCCCCCC(=O)OCC(COC(=O)CCCCCCC)OC(=O)CCCCCCCCCCC. The van der Waals surface area contributed by atoms with Crippen LogP contribution in [0.4, 0.5) is 0 Å². The standard InChI is InChI=1S/C53H98O6/c1-4-7-10-13-15-17-18-19-20-21-22-23-24-25-26-27-28-29-30-31-32-33-34-36-37-40-43-46-52(55)58-49-50(48-57-51(54)45-42-39-12-9-6-3)59-53(56)47-44-41-38-35-16-14-11-8-5-2/h18-19,21-22,50H,4-17,20,23-49H2,1-3H3/b19-18-,22-21-. The summed E-state index contributed by atoms with van der Waals surface area (Å²) in [6.07, 6.45) is 55.1. The summed E-state index contributed by atoms with van der Waals surface area (Å²) in [7, 11) is 0. The molecular weight excluding hydrogens is 733 g/mol. The molecule has 0 aliphatic rings. The zero-order valence-corrected chi connectivity index (χ0v) is 39.5. The van der Waals surface area contributed by atoms with Crippen molar-refractivity contribution >= 4 is 17.9 Å². The van der Waals surface area contributed by atoms with E-state index in [1.54, 1.807) is 0 Å². The molecule has 1 atom stereocenters. The summed E-state index contributed by atoms with van der Waals surface area (Å²) in [4.78, 5) is 37.5. The van der Waals surface area contributed by atoms with Gasteiger partial charge < -0.3 is 14.2 Å². The van der Waals surface area contributed by atoms with Gasteiger partial charge >= 0.3 is 17.9 Å². The number of unbranched alkanes of at least 4 members (excludes halogenated alkanes) is 32. The number of carbonyl (C=O) groups is 3. The van der Waals surface area contributed by atoms with Crippen molar-refractivity contribution in [2.75, 3.05) is 13.2 Å². The Morgan fingerprint density at radius 3 is 0.932 bits per heavy atom. The highest BCUT2D eigenvalue weighted by Gasteiger charge is 2.19. The van der Waals surface area contributed by atoms with Crippen LogP contribution < -0.4 is 0 Å². The number of esters is 3. The van der Waals surface area contributed by atoms with Gasteiger partial charge in [0.15, 0.2) is 6.10 Å². The average Bonchev–Trinajstić information content (AvgIpc) is 3.23. The number of allylic oxidation sites excluding steroid dienone is 4. The topological polar surface area (TPSA) is 78.9 Å². The van der Waals surface area contributed by atoms with Crippen molar-refractivity contribution in [3.8, 4) is 0 Å². The third-order valence-electron chi connectivity index (χ3n) is 11.5. The Labute approximate surface area is 366 Å². The van der Waals surface area contributed by atoms with E-state index in [2.05, 4.69) is 45.1 Å². The quantitative estimate of drug-likeness (QED) is 0.0263. The lowest BCUT2D eigenvalue weighted by Gasteiger charge is -2.18. The summed E-state index contributed by atoms with van der Waals surface area (Å²) in [6.45, 7) is 6.54. The minimum atomic E-state index is -0.760. The molecule has 0 heterocycles. The molecule has 0 spiro atoms. The average molecular weight is 831 g/mol. The van der Waals surface area contributed by atoms with Gasteiger partial charge in [-0.3, -0.25) is 14.4 Å². The third-order valence-corrected chi connectivity index (χ3v) is 11.5. The van der Waals surface area contributed by atoms with Gasteiger partial charge in [-0.2, -0.15) is 0 Å². The summed E-state index contributed by atoms with van der Waals surface area (Å²) in [5.74, 6) is -0.876. The molecule has 0 bridgehead atoms. The van der Waals surface area contributed by atoms with Crippen molar-refractivity contribution < 1.29 is 28.6 Å². The maximum absolute atomic E-state index is 12.6. The number of hydrogen-bond acceptors (Lipinski definition) is 6. The van der Waals surface area contributed by atoms with Gasteiger partial charge in [-0.25, -0.2) is 0 Å². The van der Waals surface area contributed by atoms with Crippen LogP contribution in [0.15, 0.2) is 24.3 Å². The van der Waals surface area contributed by atoms with Crippen molar-refractivity contribution in [3.63, 3.8) is 0 Å². The fourth-order valence-electron chi connectivity index (χ4n) is 7.53. The second kappa shape index (κ2) is 48.6. The maximum atomic E-state index is 12.6. The van der Waals surface area contributed by atoms with E-state index in [1.165, 1.54) is 167 Å². The Kier molecular flexibility index (Phi) is 46.8. The molecule has 0 saturated heterocycles. The van der Waals surface area contributed by atoms with Crippen molar-refractivity contribution in [2.24, 2.45) is 0 Å². The summed E-state index contributed by atoms with van der Waals surface area (Å²) < 4.78 is 16.6. The molecule has 59 heavy (non-hydrogen) atoms. The Morgan fingerprint density at radius 1 is 0.339 bits per heavy atom. The molecule has 0 fully saturated rings. The van der Waals surface area contributed by atoms with Gasteiger partial charge in [0.05, 0.1) is 0 Å². The number of rotatable bonds is 47. The molecule has 346 valence electrons. The summed E-state index contributed by atoms with van der Waals surface area (Å²) in [5, 5.41) is 0. The minimum absolute atomic E-state index is 0.0677. The lowest BCUT2D eigenvalue weighted by Crippen LogP contribution is -2.30. The van der Waals surface area contributed by atoms with Gasteiger partial charge in [-0.15, -0.1) is 0 Å². The Hall–Kier alpha value is -2.11. The summed E-state index contributed by atoms with van der Waals surface area (Å²) in [5.41, 5.74) is 0. The van der Waals surface area contributed by atoms with Gasteiger partial charge in [0, 0.05) is 19.3 Å². The zero-order chi connectivity index (χ0) is 43.0. The van der Waals surface area contributed by atoms with E-state index in [0.717, 1.165) is 70.6 Å². The van der Waals surface area contributed by atoms with Gasteiger partial charge in [-0.05, 0) is 51.4 Å². The van der Waals surface area contributed by atoms with E-state index in [1.807, 2.05) is 0 Å². The van der Waals surface area contributed by atoms with E-state index in [4.69, 9.17) is 14.2 Å². The predicted molar refractivity (Wildman–Crippen MR) is 252 cm³/mol. The first-order chi connectivity index (χ1) is 29.0. The van der Waals surface area contributed by atoms with E-state index < -0.39 is 6.10 Å². The normalized spacial score (nSPS) is 12.1. The molecular formula is C53H98O6. The highest BCUT2D eigenvalue weighted by atomic mass is 16.6. The first-order valence-electron chi connectivity index (χ1n) is 25.8. The summed E-state index contributed by atoms with van der Waals surface area (Å²) >= 11 is 0. The zero-order valence-electron chi connectivity index (χ0n) is 39.5. The van der Waals surface area contributed by atoms with Gasteiger partial charge in [0.25, 0.3) is 0 Å². The molecule has 0 aromatic rings. The van der Waals surface area contributed by atoms with Crippen LogP contribution in [0, 0.1) is 0 Å². The molecule has 0 aliphatic heterocycles. The van der Waals surface area contributed by atoms with Crippen LogP contribution in [-0.2, 0) is 28.6 Å². The lowest BCUT2D eigenvalue weighted by molar-refractivity contribution is -0.167. The molecule has 0 aromatic carbocycles. The van der Waals surface area contributed by atoms with Crippen LogP contribution in [-0.4, -0.2) is 37.2 Å². The first-order valence-corrected chi connectivity index (χ1v) is 25.8. The van der Waals surface area contributed by atoms with Crippen LogP contribution in [0.3, 0.4) is 0 Å². The van der Waals surface area contributed by atoms with E-state index in [0.29, 0.717) is 19.3 Å². The maximum Gasteiger partial charge on any atom is 0.306 e. The van der Waals surface area contributed by atoms with Crippen LogP contribution in [0.2, 0.25) is 0 Å². The fourth-order valence-corrected chi connectivity index (χ4v) is 7.53. The molecule has 0 N–H and O–H groups in total. The molecule has 6 nitrogen and oxygen atoms in total. The molecule has 1 unspecified atom stereocenters. The van der Waals surface area contributed by atoms with E-state index in [9.17, 15) is 14.4 Å². The fraction of sp³-hybridized carbons (Fsp3) is 0.868. The van der Waals surface area contributed by atoms with E-state index >= 15 is 0 Å². The third kappa shape index (κ3) is 46.8. The second-order valence-electron chi connectivity index (χ2n) is 17.4. The van der Waals surface area contributed by atoms with Crippen molar-refractivity contribution in [1.82, 2.24) is 0 Å². The summed E-state index contributed by atoms with van der Waals surface area (Å²) in [6, 6.07) is 0. The Balaban J connectivity index is 3.92. The van der Waals surface area contributed by atoms with Crippen LogP contribution in [0.1, 0.15) is 278 Å². The van der Waals surface area contributed by atoms with Crippen LogP contribution in [0.5, 0.6) is 0 Å². The predicted octanol–water partition coefficient (Wildman–Crippen LogP) is 16.8. The molecule has 0 saturated carbocycles. The van der Waals surface area contributed by atoms with Gasteiger partial charge in [0.2, 0.25) is 0 Å². The lowest BCUT2D eigenvalue weighted by atomic mass is 10.0. The number of carbonyl (C=O) groups excluding carboxylic acids is 3. The minimum Gasteiger partial charge on any atom is -0.462 e. The van der Waals surface area contributed by atoms with Gasteiger partial charge in [-0.1, -0.05) is 231 Å². The molecule has 0 aromatic heterocycles. The number of hydrogen-bond donors (Lipinski definition) is 0. The molecule has 0 amide bonds. The van der Waals surface area contributed by atoms with Crippen LogP contribution in [0.25, 0.3) is 0 Å². The monoisotopic (exact) mass is 831 g/mol. The first kappa shape index (κ1) is 56.9. The second-order valence-corrected chi connectivity index (χ2v) is 17.4. The van der Waals surface area contributed by atoms with Gasteiger partial charge in [0.1, 0.15) is 13.2 Å². The molecule has 0 radical (unpaired) electrons. The molecule has 6 heteroatoms. The van der Waals surface area contributed by atoms with Crippen molar-refractivity contribution in [1.29, 1.82) is 0 Å². The van der Waals surface area contributed by atoms with E-state index in [-0.39, 0.29) is 31.1 Å². The highest BCUT2D eigenvalue weighted by Crippen LogP contribution is 2.16. The number of ether oxygens (including phenoxy) is 3. The van der Waals surface area contributed by atoms with Crippen molar-refractivity contribution in [3.05, 3.63) is 24.3 Å². The molecule has 0 rings (SSSR count). The highest BCUT2D eigenvalue weighted by molar-refractivity contribution is 5.71. The molecule has 0 aliphatic carbocycles. The largest absolute Gasteiger partial charge is 0.462 e. The Morgan fingerprint density at radius 2 is 0.610 bits per heavy atom. The van der Waals surface area contributed by atoms with Crippen molar-refractivity contribution in [2.45, 2.75) is 284 Å². The Bertz CT molecular complexity index is 958. The van der Waals surface area contributed by atoms with Crippen LogP contribution >= 0.6 is 0 Å².